The van der Waals surface area contributed by atoms with Crippen LogP contribution < -0.4 is 11.2 Å². The van der Waals surface area contributed by atoms with Crippen molar-refractivity contribution in [3.63, 3.8) is 0 Å². The predicted molar refractivity (Wildman–Crippen MR) is 134 cm³/mol. The Morgan fingerprint density at radius 2 is 1.42 bits per heavy atom. The van der Waals surface area contributed by atoms with E-state index < -0.39 is 0 Å². The average molecular weight is 438 g/mol. The topological polar surface area (TPSA) is 48.9 Å². The molecule has 0 saturated heterocycles. The van der Waals surface area contributed by atoms with E-state index in [-0.39, 0.29) is 17.8 Å². The van der Waals surface area contributed by atoms with Crippen molar-refractivity contribution >= 4 is 21.9 Å². The zero-order chi connectivity index (χ0) is 23.3. The van der Waals surface area contributed by atoms with E-state index in [1.54, 1.807) is 4.57 Å². The number of fused-ring (bicyclic) bond motifs is 3. The molecule has 3 aromatic carbocycles. The van der Waals surface area contributed by atoms with E-state index in [2.05, 4.69) is 38.1 Å². The summed E-state index contributed by atoms with van der Waals surface area (Å²) in [6.45, 7) is 6.79. The Hall–Kier alpha value is -3.86. The van der Waals surface area contributed by atoms with E-state index in [4.69, 9.17) is 0 Å². The van der Waals surface area contributed by atoms with Gasteiger partial charge in [0.25, 0.3) is 5.56 Å². The number of hydrogen-bond donors (Lipinski definition) is 0. The molecule has 5 heteroatoms. The third-order valence-electron chi connectivity index (χ3n) is 6.52. The fourth-order valence-corrected chi connectivity index (χ4v) is 4.71. The predicted octanol–water partition coefficient (Wildman–Crippen LogP) is 4.68. The summed E-state index contributed by atoms with van der Waals surface area (Å²) in [7, 11) is 1.90. The van der Waals surface area contributed by atoms with Crippen molar-refractivity contribution in [1.29, 1.82) is 0 Å². The van der Waals surface area contributed by atoms with Gasteiger partial charge in [-0.3, -0.25) is 13.9 Å². The molecule has 2 heterocycles. The number of benzene rings is 3. The molecule has 166 valence electrons. The van der Waals surface area contributed by atoms with Crippen molar-refractivity contribution < 1.29 is 0 Å². The third-order valence-corrected chi connectivity index (χ3v) is 6.52. The lowest BCUT2D eigenvalue weighted by molar-refractivity contribution is 0.632. The van der Waals surface area contributed by atoms with Crippen LogP contribution in [-0.4, -0.2) is 13.7 Å². The van der Waals surface area contributed by atoms with Gasteiger partial charge in [0, 0.05) is 12.4 Å². The zero-order valence-corrected chi connectivity index (χ0v) is 19.4. The molecule has 5 rings (SSSR count). The molecule has 0 radical (unpaired) electrons. The van der Waals surface area contributed by atoms with Gasteiger partial charge >= 0.3 is 5.69 Å². The van der Waals surface area contributed by atoms with Crippen molar-refractivity contribution in [2.75, 3.05) is 0 Å². The zero-order valence-electron chi connectivity index (χ0n) is 19.4. The summed E-state index contributed by atoms with van der Waals surface area (Å²) in [5.41, 5.74) is 7.01. The van der Waals surface area contributed by atoms with Crippen molar-refractivity contribution in [3.8, 4) is 0 Å². The number of nitrogens with zero attached hydrogens (tertiary/aromatic N) is 3. The standard InChI is InChI=1S/C28H27N3O2/c1-18-10-12-20(3)22(14-18)17-30-25-23-15-19(2)11-13-24(23)29(4)26(25)27(32)31(28(30)33)16-21-8-6-5-7-9-21/h5-15H,16-17H2,1-4H3. The molecule has 33 heavy (non-hydrogen) atoms. The molecule has 0 aliphatic heterocycles. The normalized spacial score (nSPS) is 11.5. The first-order chi connectivity index (χ1) is 15.8. The number of hydrogen-bond acceptors (Lipinski definition) is 2. The van der Waals surface area contributed by atoms with Crippen molar-refractivity contribution in [2.24, 2.45) is 7.05 Å². The molecular formula is C28H27N3O2. The minimum absolute atomic E-state index is 0.238. The summed E-state index contributed by atoms with van der Waals surface area (Å²) in [6.07, 6.45) is 0. The highest BCUT2D eigenvalue weighted by Gasteiger charge is 2.21. The van der Waals surface area contributed by atoms with Crippen LogP contribution in [-0.2, 0) is 20.1 Å². The van der Waals surface area contributed by atoms with Crippen LogP contribution in [0, 0.1) is 20.8 Å². The van der Waals surface area contributed by atoms with Crippen LogP contribution in [0.3, 0.4) is 0 Å². The van der Waals surface area contributed by atoms with Gasteiger partial charge in [-0.1, -0.05) is 65.7 Å². The van der Waals surface area contributed by atoms with Crippen molar-refractivity contribution in [1.82, 2.24) is 13.7 Å². The molecular weight excluding hydrogens is 410 g/mol. The smallest absolute Gasteiger partial charge is 0.332 e. The van der Waals surface area contributed by atoms with Crippen LogP contribution in [0.15, 0.2) is 76.3 Å². The molecule has 0 fully saturated rings. The van der Waals surface area contributed by atoms with E-state index in [9.17, 15) is 9.59 Å². The number of aromatic nitrogens is 3. The maximum absolute atomic E-state index is 13.9. The minimum Gasteiger partial charge on any atom is -0.338 e. The first kappa shape index (κ1) is 21.0. The number of aryl methyl sites for hydroxylation is 4. The maximum atomic E-state index is 13.9. The summed E-state index contributed by atoms with van der Waals surface area (Å²) in [6, 6.07) is 22.1. The molecule has 0 amide bonds. The van der Waals surface area contributed by atoms with Gasteiger partial charge in [-0.05, 0) is 49.6 Å². The maximum Gasteiger partial charge on any atom is 0.332 e. The van der Waals surface area contributed by atoms with Crippen molar-refractivity contribution in [3.05, 3.63) is 115 Å². The highest BCUT2D eigenvalue weighted by Crippen LogP contribution is 2.27. The van der Waals surface area contributed by atoms with Crippen LogP contribution in [0.1, 0.15) is 27.8 Å². The molecule has 0 saturated carbocycles. The summed E-state index contributed by atoms with van der Waals surface area (Å²) in [5.74, 6) is 0. The lowest BCUT2D eigenvalue weighted by Crippen LogP contribution is -2.41. The van der Waals surface area contributed by atoms with E-state index in [1.807, 2.05) is 61.0 Å². The molecule has 0 atom stereocenters. The highest BCUT2D eigenvalue weighted by molar-refractivity contribution is 6.06. The van der Waals surface area contributed by atoms with E-state index in [0.29, 0.717) is 17.6 Å². The average Bonchev–Trinajstić information content (AvgIpc) is 3.08. The summed E-state index contributed by atoms with van der Waals surface area (Å²) >= 11 is 0. The largest absolute Gasteiger partial charge is 0.338 e. The molecule has 0 aliphatic carbocycles. The fraction of sp³-hybridized carbons (Fsp3) is 0.214. The van der Waals surface area contributed by atoms with Gasteiger partial charge < -0.3 is 4.57 Å². The first-order valence-electron chi connectivity index (χ1n) is 11.2. The van der Waals surface area contributed by atoms with Crippen LogP contribution in [0.4, 0.5) is 0 Å². The summed E-state index contributed by atoms with van der Waals surface area (Å²) < 4.78 is 5.07. The van der Waals surface area contributed by atoms with Gasteiger partial charge in [0.15, 0.2) is 0 Å². The van der Waals surface area contributed by atoms with Crippen LogP contribution in [0.2, 0.25) is 0 Å². The van der Waals surface area contributed by atoms with Gasteiger partial charge in [0.1, 0.15) is 5.52 Å². The van der Waals surface area contributed by atoms with Gasteiger partial charge in [0.2, 0.25) is 0 Å². The molecule has 2 aromatic heterocycles. The Kier molecular flexibility index (Phi) is 5.05. The molecule has 0 bridgehead atoms. The fourth-order valence-electron chi connectivity index (χ4n) is 4.71. The Balaban J connectivity index is 1.88. The molecule has 0 spiro atoms. The quantitative estimate of drug-likeness (QED) is 0.410. The molecule has 5 nitrogen and oxygen atoms in total. The van der Waals surface area contributed by atoms with Crippen LogP contribution >= 0.6 is 0 Å². The second-order valence-electron chi connectivity index (χ2n) is 8.95. The SMILES string of the molecule is Cc1ccc(C)c(Cn2c(=O)n(Cc3ccccc3)c(=O)c3c2c2cc(C)ccc2n3C)c1. The van der Waals surface area contributed by atoms with Gasteiger partial charge in [-0.25, -0.2) is 4.79 Å². The van der Waals surface area contributed by atoms with Gasteiger partial charge in [-0.15, -0.1) is 0 Å². The summed E-state index contributed by atoms with van der Waals surface area (Å²) in [4.78, 5) is 27.5. The van der Waals surface area contributed by atoms with Gasteiger partial charge in [-0.2, -0.15) is 0 Å². The lowest BCUT2D eigenvalue weighted by Gasteiger charge is -2.15. The third kappa shape index (κ3) is 3.50. The highest BCUT2D eigenvalue weighted by atomic mass is 16.2. The summed E-state index contributed by atoms with van der Waals surface area (Å²) in [5, 5.41) is 0.930. The monoisotopic (exact) mass is 437 g/mol. The number of rotatable bonds is 4. The lowest BCUT2D eigenvalue weighted by atomic mass is 10.1. The van der Waals surface area contributed by atoms with E-state index >= 15 is 0 Å². The van der Waals surface area contributed by atoms with E-state index in [0.717, 1.165) is 38.7 Å². The molecule has 0 aliphatic rings. The van der Waals surface area contributed by atoms with Crippen LogP contribution in [0.25, 0.3) is 21.9 Å². The second-order valence-corrected chi connectivity index (χ2v) is 8.95. The molecule has 5 aromatic rings. The molecule has 0 unspecified atom stereocenters. The Bertz CT molecular complexity index is 1640. The van der Waals surface area contributed by atoms with Crippen molar-refractivity contribution in [2.45, 2.75) is 33.9 Å². The molecule has 0 N–H and O–H groups in total. The Morgan fingerprint density at radius 3 is 2.18 bits per heavy atom. The minimum atomic E-state index is -0.286. The Morgan fingerprint density at radius 1 is 0.727 bits per heavy atom. The Labute approximate surface area is 192 Å². The van der Waals surface area contributed by atoms with E-state index in [1.165, 1.54) is 4.57 Å². The second kappa shape index (κ2) is 7.93. The van der Waals surface area contributed by atoms with Gasteiger partial charge in [0.05, 0.1) is 24.1 Å². The first-order valence-corrected chi connectivity index (χ1v) is 11.2. The van der Waals surface area contributed by atoms with Crippen LogP contribution in [0.5, 0.6) is 0 Å².